The van der Waals surface area contributed by atoms with Crippen LogP contribution in [0.5, 0.6) is 5.75 Å². The Bertz CT molecular complexity index is 999. The first-order valence-electron chi connectivity index (χ1n) is 10.1. The Morgan fingerprint density at radius 1 is 0.724 bits per heavy atom. The molecular formula is C26H30N2O. The lowest BCUT2D eigenvalue weighted by Gasteiger charge is -2.33. The molecule has 0 atom stereocenters. The second kappa shape index (κ2) is 8.20. The van der Waals surface area contributed by atoms with Crippen LogP contribution in [0, 0.1) is 5.41 Å². The van der Waals surface area contributed by atoms with E-state index in [0.29, 0.717) is 0 Å². The smallest absolute Gasteiger partial charge is 0.123 e. The van der Waals surface area contributed by atoms with E-state index in [4.69, 9.17) is 0 Å². The topological polar surface area (TPSA) is 45.0 Å². The summed E-state index contributed by atoms with van der Waals surface area (Å²) in [6.45, 7) is 11.3. The first kappa shape index (κ1) is 20.8. The summed E-state index contributed by atoms with van der Waals surface area (Å²) in [5.41, 5.74) is 4.59. The van der Waals surface area contributed by atoms with Crippen LogP contribution >= 0.6 is 0 Å². The van der Waals surface area contributed by atoms with Gasteiger partial charge >= 0.3 is 0 Å². The third kappa shape index (κ3) is 5.32. The fourth-order valence-electron chi connectivity index (χ4n) is 4.00. The molecule has 0 saturated carbocycles. The molecule has 3 nitrogen and oxygen atoms in total. The molecule has 0 fully saturated rings. The molecule has 0 aliphatic heterocycles. The molecular weight excluding hydrogens is 356 g/mol. The molecule has 3 aromatic carbocycles. The van der Waals surface area contributed by atoms with Gasteiger partial charge in [0.25, 0.3) is 0 Å². The minimum absolute atomic E-state index is 0.0127. The van der Waals surface area contributed by atoms with Gasteiger partial charge in [-0.1, -0.05) is 77.1 Å². The van der Waals surface area contributed by atoms with E-state index in [-0.39, 0.29) is 16.6 Å². The lowest BCUT2D eigenvalue weighted by atomic mass is 9.72. The zero-order chi connectivity index (χ0) is 21.1. The predicted molar refractivity (Wildman–Crippen MR) is 121 cm³/mol. The van der Waals surface area contributed by atoms with Crippen LogP contribution in [-0.2, 0) is 5.41 Å². The van der Waals surface area contributed by atoms with Crippen molar-refractivity contribution in [3.63, 3.8) is 0 Å². The number of phenolic OH excluding ortho intramolecular Hbond substituents is 1. The third-order valence-electron chi connectivity index (χ3n) is 4.97. The van der Waals surface area contributed by atoms with E-state index in [9.17, 15) is 5.11 Å². The summed E-state index contributed by atoms with van der Waals surface area (Å²) in [6, 6.07) is 23.4. The predicted octanol–water partition coefficient (Wildman–Crippen LogP) is 8.19. The molecule has 0 heterocycles. The number of nitrogens with zero attached hydrogens (tertiary/aromatic N) is 2. The van der Waals surface area contributed by atoms with E-state index >= 15 is 0 Å². The minimum atomic E-state index is -0.0127. The molecule has 0 spiro atoms. The lowest BCUT2D eigenvalue weighted by molar-refractivity contribution is 0.284. The fourth-order valence-corrected chi connectivity index (χ4v) is 4.00. The summed E-state index contributed by atoms with van der Waals surface area (Å²) >= 11 is 0. The average Bonchev–Trinajstić information content (AvgIpc) is 2.66. The Morgan fingerprint density at radius 3 is 2.07 bits per heavy atom. The molecule has 1 N–H and O–H groups in total. The van der Waals surface area contributed by atoms with Gasteiger partial charge in [-0.2, -0.15) is 5.11 Å². The highest BCUT2D eigenvalue weighted by atomic mass is 16.3. The maximum atomic E-state index is 10.6. The van der Waals surface area contributed by atoms with Crippen LogP contribution in [0.1, 0.15) is 46.6 Å². The normalized spacial score (nSPS) is 12.4. The van der Waals surface area contributed by atoms with Crippen LogP contribution in [0.4, 0.5) is 11.4 Å². The molecule has 0 radical (unpaired) electrons. The molecule has 0 amide bonds. The zero-order valence-corrected chi connectivity index (χ0v) is 18.0. The number of aromatic hydroxyl groups is 1. The van der Waals surface area contributed by atoms with E-state index in [1.54, 1.807) is 6.07 Å². The van der Waals surface area contributed by atoms with E-state index < -0.39 is 0 Å². The summed E-state index contributed by atoms with van der Waals surface area (Å²) in [6.07, 6.45) is 1.04. The van der Waals surface area contributed by atoms with Gasteiger partial charge in [0.05, 0.1) is 11.4 Å². The van der Waals surface area contributed by atoms with Gasteiger partial charge in [-0.25, -0.2) is 0 Å². The van der Waals surface area contributed by atoms with Crippen molar-refractivity contribution >= 4 is 11.4 Å². The van der Waals surface area contributed by atoms with E-state index in [1.807, 2.05) is 60.7 Å². The van der Waals surface area contributed by atoms with Crippen LogP contribution in [0.15, 0.2) is 83.0 Å². The van der Waals surface area contributed by atoms with Crippen molar-refractivity contribution in [1.82, 2.24) is 0 Å². The van der Waals surface area contributed by atoms with Crippen molar-refractivity contribution < 1.29 is 5.11 Å². The largest absolute Gasteiger partial charge is 0.507 e. The minimum Gasteiger partial charge on any atom is -0.507 e. The molecule has 0 bridgehead atoms. The second-order valence-corrected chi connectivity index (χ2v) is 9.41. The Morgan fingerprint density at radius 2 is 1.38 bits per heavy atom. The number of phenols is 1. The first-order chi connectivity index (χ1) is 13.7. The number of rotatable bonds is 5. The van der Waals surface area contributed by atoms with Gasteiger partial charge in [0.15, 0.2) is 0 Å². The average molecular weight is 387 g/mol. The van der Waals surface area contributed by atoms with Crippen LogP contribution in [-0.4, -0.2) is 5.11 Å². The monoisotopic (exact) mass is 386 g/mol. The molecule has 0 aliphatic rings. The van der Waals surface area contributed by atoms with Crippen molar-refractivity contribution in [3.05, 3.63) is 78.4 Å². The molecule has 29 heavy (non-hydrogen) atoms. The molecule has 3 heteroatoms. The molecule has 3 aromatic rings. The Balaban J connectivity index is 2.02. The SMILES string of the molecule is CC(C)(C)CC(C)(C)c1ccc(O)c(-c2ccccc2N=Nc2ccccc2)c1. The highest BCUT2D eigenvalue weighted by Gasteiger charge is 2.28. The van der Waals surface area contributed by atoms with Gasteiger partial charge < -0.3 is 5.11 Å². The Hall–Kier alpha value is -2.94. The quantitative estimate of drug-likeness (QED) is 0.441. The number of hydrogen-bond acceptors (Lipinski definition) is 3. The summed E-state index contributed by atoms with van der Waals surface area (Å²) in [5.74, 6) is 0.252. The van der Waals surface area contributed by atoms with Gasteiger partial charge in [0, 0.05) is 11.1 Å². The highest BCUT2D eigenvalue weighted by molar-refractivity contribution is 5.80. The third-order valence-corrected chi connectivity index (χ3v) is 4.97. The van der Waals surface area contributed by atoms with Gasteiger partial charge in [0.1, 0.15) is 5.75 Å². The maximum Gasteiger partial charge on any atom is 0.123 e. The van der Waals surface area contributed by atoms with Crippen molar-refractivity contribution in [2.45, 2.75) is 46.5 Å². The van der Waals surface area contributed by atoms with Crippen molar-refractivity contribution in [2.75, 3.05) is 0 Å². The fraction of sp³-hybridized carbons (Fsp3) is 0.308. The van der Waals surface area contributed by atoms with E-state index in [0.717, 1.165) is 28.9 Å². The Kier molecular flexibility index (Phi) is 5.88. The molecule has 150 valence electrons. The van der Waals surface area contributed by atoms with Crippen molar-refractivity contribution in [1.29, 1.82) is 0 Å². The standard InChI is InChI=1S/C26H30N2O/c1-25(2,3)18-26(4,5)19-15-16-24(29)22(17-19)21-13-9-10-14-23(21)28-27-20-11-7-6-8-12-20/h6-17,29H,18H2,1-5H3. The molecule has 0 aromatic heterocycles. The molecule has 0 saturated heterocycles. The lowest BCUT2D eigenvalue weighted by Crippen LogP contribution is -2.24. The van der Waals surface area contributed by atoms with E-state index in [2.05, 4.69) is 50.9 Å². The Labute approximate surface area is 174 Å². The summed E-state index contributed by atoms with van der Waals surface area (Å²) in [5, 5.41) is 19.4. The number of azo groups is 1. The second-order valence-electron chi connectivity index (χ2n) is 9.41. The van der Waals surface area contributed by atoms with Gasteiger partial charge in [-0.3, -0.25) is 0 Å². The van der Waals surface area contributed by atoms with Gasteiger partial charge in [0.2, 0.25) is 0 Å². The number of benzene rings is 3. The van der Waals surface area contributed by atoms with Crippen molar-refractivity contribution in [2.24, 2.45) is 15.6 Å². The van der Waals surface area contributed by atoms with Crippen LogP contribution < -0.4 is 0 Å². The van der Waals surface area contributed by atoms with E-state index in [1.165, 1.54) is 5.56 Å². The number of hydrogen-bond donors (Lipinski definition) is 1. The van der Waals surface area contributed by atoms with Gasteiger partial charge in [-0.15, -0.1) is 5.11 Å². The zero-order valence-electron chi connectivity index (χ0n) is 18.0. The maximum absolute atomic E-state index is 10.6. The van der Waals surface area contributed by atoms with Crippen LogP contribution in [0.3, 0.4) is 0 Å². The summed E-state index contributed by atoms with van der Waals surface area (Å²) < 4.78 is 0. The molecule has 3 rings (SSSR count). The summed E-state index contributed by atoms with van der Waals surface area (Å²) in [7, 11) is 0. The highest BCUT2D eigenvalue weighted by Crippen LogP contribution is 2.42. The first-order valence-corrected chi connectivity index (χ1v) is 10.1. The molecule has 0 aliphatic carbocycles. The van der Waals surface area contributed by atoms with Gasteiger partial charge in [-0.05, 0) is 53.1 Å². The molecule has 0 unspecified atom stereocenters. The van der Waals surface area contributed by atoms with Crippen LogP contribution in [0.2, 0.25) is 0 Å². The van der Waals surface area contributed by atoms with Crippen LogP contribution in [0.25, 0.3) is 11.1 Å². The summed E-state index contributed by atoms with van der Waals surface area (Å²) in [4.78, 5) is 0. The van der Waals surface area contributed by atoms with Crippen molar-refractivity contribution in [3.8, 4) is 16.9 Å².